The fraction of sp³-hybridized carbons (Fsp3) is 0.762. The van der Waals surface area contributed by atoms with Crippen LogP contribution in [0.25, 0.3) is 0 Å². The maximum absolute atomic E-state index is 12.1. The average molecular weight is 350 g/mol. The molecule has 4 heteroatoms. The summed E-state index contributed by atoms with van der Waals surface area (Å²) in [5, 5.41) is 0. The highest BCUT2D eigenvalue weighted by Gasteiger charge is 2.40. The van der Waals surface area contributed by atoms with E-state index < -0.39 is 0 Å². The number of hydrogen-bond donors (Lipinski definition) is 0. The maximum atomic E-state index is 12.1. The van der Waals surface area contributed by atoms with Gasteiger partial charge in [-0.3, -0.25) is 4.79 Å². The van der Waals surface area contributed by atoms with Crippen molar-refractivity contribution in [2.75, 3.05) is 13.2 Å². The molecule has 25 heavy (non-hydrogen) atoms. The fourth-order valence-corrected chi connectivity index (χ4v) is 4.04. The third kappa shape index (κ3) is 6.18. The van der Waals surface area contributed by atoms with Gasteiger partial charge in [-0.05, 0) is 63.0 Å². The summed E-state index contributed by atoms with van der Waals surface area (Å²) in [6.07, 6.45) is 7.30. The number of hydrogen-bond acceptors (Lipinski definition) is 3. The minimum absolute atomic E-state index is 0.0721. The van der Waals surface area contributed by atoms with E-state index in [2.05, 4.69) is 27.7 Å². The van der Waals surface area contributed by atoms with Gasteiger partial charge in [0.15, 0.2) is 0 Å². The van der Waals surface area contributed by atoms with E-state index in [-0.39, 0.29) is 16.9 Å². The lowest BCUT2D eigenvalue weighted by atomic mass is 9.68. The first-order chi connectivity index (χ1) is 11.7. The van der Waals surface area contributed by atoms with E-state index in [4.69, 9.17) is 9.15 Å². The summed E-state index contributed by atoms with van der Waals surface area (Å²) >= 11 is 0. The van der Waals surface area contributed by atoms with Crippen molar-refractivity contribution in [2.24, 2.45) is 11.3 Å². The molecule has 1 aliphatic heterocycles. The largest absolute Gasteiger partial charge is 0.467 e. The molecule has 0 N–H and O–H groups in total. The first-order valence-electron chi connectivity index (χ1n) is 9.63. The Hall–Kier alpha value is -1.29. The van der Waals surface area contributed by atoms with Gasteiger partial charge in [0, 0.05) is 20.1 Å². The molecule has 0 aromatic carbocycles. The van der Waals surface area contributed by atoms with Crippen LogP contribution in [-0.4, -0.2) is 29.6 Å². The quantitative estimate of drug-likeness (QED) is 0.661. The van der Waals surface area contributed by atoms with E-state index in [1.807, 2.05) is 17.0 Å². The molecule has 0 unspecified atom stereocenters. The number of carbonyl (C=O) groups excluding carboxylic acids is 1. The Morgan fingerprint density at radius 1 is 1.32 bits per heavy atom. The summed E-state index contributed by atoms with van der Waals surface area (Å²) in [6.45, 7) is 12.8. The van der Waals surface area contributed by atoms with Crippen LogP contribution in [0.15, 0.2) is 22.8 Å². The van der Waals surface area contributed by atoms with Gasteiger partial charge in [-0.25, -0.2) is 0 Å². The normalized spacial score (nSPS) is 23.0. The zero-order chi connectivity index (χ0) is 18.5. The number of ether oxygens (including phenoxy) is 1. The summed E-state index contributed by atoms with van der Waals surface area (Å²) in [4.78, 5) is 14.0. The van der Waals surface area contributed by atoms with Crippen LogP contribution in [0.1, 0.15) is 72.5 Å². The van der Waals surface area contributed by atoms with Gasteiger partial charge in [-0.2, -0.15) is 0 Å². The molecule has 0 bridgehead atoms. The molecule has 2 heterocycles. The van der Waals surface area contributed by atoms with Gasteiger partial charge < -0.3 is 14.1 Å². The predicted molar refractivity (Wildman–Crippen MR) is 100 cm³/mol. The molecular weight excluding hydrogens is 314 g/mol. The van der Waals surface area contributed by atoms with E-state index in [0.29, 0.717) is 12.5 Å². The number of rotatable bonds is 8. The Morgan fingerprint density at radius 2 is 2.08 bits per heavy atom. The lowest BCUT2D eigenvalue weighted by molar-refractivity contribution is -0.132. The SMILES string of the molecule is CC(=O)N(CC[C@]1(CCC(C)C)CCOC(C)(C)C1)Cc1ccco1. The van der Waals surface area contributed by atoms with Crippen molar-refractivity contribution in [3.8, 4) is 0 Å². The highest BCUT2D eigenvalue weighted by molar-refractivity contribution is 5.73. The predicted octanol–water partition coefficient (Wildman–Crippen LogP) is 5.03. The van der Waals surface area contributed by atoms with E-state index in [1.54, 1.807) is 13.2 Å². The molecule has 1 amide bonds. The van der Waals surface area contributed by atoms with Gasteiger partial charge in [0.2, 0.25) is 5.91 Å². The molecule has 0 radical (unpaired) electrons. The van der Waals surface area contributed by atoms with E-state index in [9.17, 15) is 4.79 Å². The second-order valence-electron chi connectivity index (χ2n) is 8.74. The van der Waals surface area contributed by atoms with Crippen LogP contribution in [0.5, 0.6) is 0 Å². The standard InChI is InChI=1S/C21H35NO3/c1-17(2)8-9-21(11-14-25-20(4,5)16-21)10-12-22(18(3)23)15-19-7-6-13-24-19/h6-7,13,17H,8-12,14-16H2,1-5H3/t21-/m1/s1. The van der Waals surface area contributed by atoms with Crippen molar-refractivity contribution in [3.05, 3.63) is 24.2 Å². The fourth-order valence-electron chi connectivity index (χ4n) is 4.04. The van der Waals surface area contributed by atoms with Crippen molar-refractivity contribution in [3.63, 3.8) is 0 Å². The molecule has 1 fully saturated rings. The van der Waals surface area contributed by atoms with Crippen LogP contribution in [0, 0.1) is 11.3 Å². The summed E-state index contributed by atoms with van der Waals surface area (Å²) in [5.74, 6) is 1.66. The van der Waals surface area contributed by atoms with Gasteiger partial charge in [-0.1, -0.05) is 20.3 Å². The Labute approximate surface area is 152 Å². The van der Waals surface area contributed by atoms with Crippen LogP contribution in [0.4, 0.5) is 0 Å². The van der Waals surface area contributed by atoms with E-state index in [0.717, 1.165) is 38.2 Å². The second-order valence-corrected chi connectivity index (χ2v) is 8.74. The Morgan fingerprint density at radius 3 is 2.64 bits per heavy atom. The molecule has 0 aliphatic carbocycles. The van der Waals surface area contributed by atoms with Crippen molar-refractivity contribution < 1.29 is 13.9 Å². The third-order valence-corrected chi connectivity index (χ3v) is 5.46. The van der Waals surface area contributed by atoms with E-state index in [1.165, 1.54) is 12.8 Å². The van der Waals surface area contributed by atoms with Crippen LogP contribution < -0.4 is 0 Å². The Balaban J connectivity index is 2.05. The van der Waals surface area contributed by atoms with Crippen LogP contribution in [-0.2, 0) is 16.1 Å². The van der Waals surface area contributed by atoms with Gasteiger partial charge in [-0.15, -0.1) is 0 Å². The molecule has 1 atom stereocenters. The van der Waals surface area contributed by atoms with Gasteiger partial charge >= 0.3 is 0 Å². The monoisotopic (exact) mass is 349 g/mol. The average Bonchev–Trinajstić information content (AvgIpc) is 3.01. The van der Waals surface area contributed by atoms with Crippen LogP contribution in [0.3, 0.4) is 0 Å². The van der Waals surface area contributed by atoms with Crippen LogP contribution in [0.2, 0.25) is 0 Å². The summed E-state index contributed by atoms with van der Waals surface area (Å²) < 4.78 is 11.4. The Kier molecular flexibility index (Phi) is 6.72. The lowest BCUT2D eigenvalue weighted by Crippen LogP contribution is -2.43. The van der Waals surface area contributed by atoms with Crippen molar-refractivity contribution in [1.29, 1.82) is 0 Å². The number of furan rings is 1. The smallest absolute Gasteiger partial charge is 0.219 e. The second kappa shape index (κ2) is 8.39. The topological polar surface area (TPSA) is 42.7 Å². The molecular formula is C21H35NO3. The Bertz CT molecular complexity index is 535. The highest BCUT2D eigenvalue weighted by atomic mass is 16.5. The molecule has 2 rings (SSSR count). The molecule has 1 aromatic rings. The first-order valence-corrected chi connectivity index (χ1v) is 9.63. The number of nitrogens with zero attached hydrogens (tertiary/aromatic N) is 1. The zero-order valence-electron chi connectivity index (χ0n) is 16.6. The van der Waals surface area contributed by atoms with Crippen molar-refractivity contribution in [2.45, 2.75) is 78.9 Å². The van der Waals surface area contributed by atoms with Gasteiger partial charge in [0.1, 0.15) is 5.76 Å². The van der Waals surface area contributed by atoms with E-state index >= 15 is 0 Å². The first kappa shape index (κ1) is 20.0. The maximum Gasteiger partial charge on any atom is 0.219 e. The summed E-state index contributed by atoms with van der Waals surface area (Å²) in [7, 11) is 0. The van der Waals surface area contributed by atoms with Gasteiger partial charge in [0.05, 0.1) is 18.4 Å². The molecule has 0 saturated carbocycles. The van der Waals surface area contributed by atoms with Gasteiger partial charge in [0.25, 0.3) is 0 Å². The molecule has 1 aromatic heterocycles. The lowest BCUT2D eigenvalue weighted by Gasteiger charge is -2.46. The van der Waals surface area contributed by atoms with Crippen molar-refractivity contribution in [1.82, 2.24) is 4.90 Å². The number of amides is 1. The molecule has 4 nitrogen and oxygen atoms in total. The molecule has 1 saturated heterocycles. The van der Waals surface area contributed by atoms with Crippen LogP contribution >= 0.6 is 0 Å². The van der Waals surface area contributed by atoms with Crippen molar-refractivity contribution >= 4 is 5.91 Å². The third-order valence-electron chi connectivity index (χ3n) is 5.46. The minimum Gasteiger partial charge on any atom is -0.467 e. The highest BCUT2D eigenvalue weighted by Crippen LogP contribution is 2.45. The molecule has 1 aliphatic rings. The summed E-state index contributed by atoms with van der Waals surface area (Å²) in [6, 6.07) is 3.81. The minimum atomic E-state index is -0.0721. The summed E-state index contributed by atoms with van der Waals surface area (Å²) in [5.41, 5.74) is 0.195. The number of carbonyl (C=O) groups is 1. The molecule has 0 spiro atoms. The zero-order valence-corrected chi connectivity index (χ0v) is 16.6. The molecule has 142 valence electrons.